The summed E-state index contributed by atoms with van der Waals surface area (Å²) < 4.78 is 7.11. The summed E-state index contributed by atoms with van der Waals surface area (Å²) in [6, 6.07) is 1.85. The first-order chi connectivity index (χ1) is 7.61. The molecule has 1 aromatic heterocycles. The molecule has 0 aliphatic heterocycles. The molecule has 5 nitrogen and oxygen atoms in total. The van der Waals surface area contributed by atoms with E-state index in [1.165, 1.54) is 0 Å². The van der Waals surface area contributed by atoms with Gasteiger partial charge in [0.25, 0.3) is 5.91 Å². The number of carbonyl (C=O) groups excluding carboxylic acids is 1. The number of hydrogen-bond donors (Lipinski definition) is 2. The number of aromatic nitrogens is 1. The number of hydrogen-bond acceptors (Lipinski definition) is 3. The molecule has 0 aromatic carbocycles. The summed E-state index contributed by atoms with van der Waals surface area (Å²) in [5.41, 5.74) is 4.79. The van der Waals surface area contributed by atoms with Gasteiger partial charge in [0.15, 0.2) is 0 Å². The van der Waals surface area contributed by atoms with Crippen molar-refractivity contribution >= 4 is 5.91 Å². The molecular weight excluding hydrogens is 206 g/mol. The van der Waals surface area contributed by atoms with E-state index < -0.39 is 0 Å². The van der Waals surface area contributed by atoms with Crippen molar-refractivity contribution in [3.63, 3.8) is 0 Å². The van der Waals surface area contributed by atoms with E-state index in [2.05, 4.69) is 9.99 Å². The van der Waals surface area contributed by atoms with Gasteiger partial charge in [-0.15, -0.1) is 0 Å². The lowest BCUT2D eigenvalue weighted by atomic mass is 10.2. The van der Waals surface area contributed by atoms with E-state index >= 15 is 0 Å². The number of nitrogens with zero attached hydrogens (tertiary/aromatic N) is 1. The molecule has 3 N–H and O–H groups in total. The zero-order chi connectivity index (χ0) is 12.1. The molecule has 0 bridgehead atoms. The van der Waals surface area contributed by atoms with Crippen LogP contribution in [0, 0.1) is 13.8 Å². The van der Waals surface area contributed by atoms with Crippen molar-refractivity contribution in [1.29, 1.82) is 0 Å². The number of nitrogens with two attached hydrogens (primary N) is 1. The number of nitrogen functional groups attached to an aromatic ring is 1. The molecule has 5 heteroatoms. The van der Waals surface area contributed by atoms with Crippen molar-refractivity contribution in [2.75, 3.05) is 13.7 Å². The minimum atomic E-state index is -0.244. The molecule has 0 aliphatic carbocycles. The van der Waals surface area contributed by atoms with Crippen molar-refractivity contribution in [3.05, 3.63) is 23.0 Å². The predicted molar refractivity (Wildman–Crippen MR) is 62.1 cm³/mol. The van der Waals surface area contributed by atoms with E-state index in [4.69, 9.17) is 10.6 Å². The van der Waals surface area contributed by atoms with Crippen LogP contribution in [-0.2, 0) is 11.3 Å². The summed E-state index contributed by atoms with van der Waals surface area (Å²) in [5, 5.41) is 0. The molecule has 0 atom stereocenters. The van der Waals surface area contributed by atoms with Crippen molar-refractivity contribution < 1.29 is 9.53 Å². The third-order valence-corrected chi connectivity index (χ3v) is 2.68. The number of methoxy groups -OCH3 is 1. The Hall–Kier alpha value is -1.33. The topological polar surface area (TPSA) is 69.3 Å². The Morgan fingerprint density at radius 2 is 2.25 bits per heavy atom. The van der Waals surface area contributed by atoms with Crippen molar-refractivity contribution in [2.45, 2.75) is 26.8 Å². The largest absolute Gasteiger partial charge is 0.385 e. The van der Waals surface area contributed by atoms with Gasteiger partial charge in [0.2, 0.25) is 0 Å². The summed E-state index contributed by atoms with van der Waals surface area (Å²) in [6.45, 7) is 5.47. The van der Waals surface area contributed by atoms with Gasteiger partial charge >= 0.3 is 0 Å². The molecule has 1 aromatic rings. The van der Waals surface area contributed by atoms with E-state index in [1.807, 2.05) is 19.9 Å². The molecule has 0 radical (unpaired) electrons. The van der Waals surface area contributed by atoms with Crippen molar-refractivity contribution in [1.82, 2.24) is 9.99 Å². The second-order valence-electron chi connectivity index (χ2n) is 3.76. The van der Waals surface area contributed by atoms with Crippen LogP contribution in [0.1, 0.15) is 28.2 Å². The van der Waals surface area contributed by atoms with Crippen LogP contribution >= 0.6 is 0 Å². The van der Waals surface area contributed by atoms with Gasteiger partial charge in [-0.25, -0.2) is 5.84 Å². The Morgan fingerprint density at radius 3 is 2.81 bits per heavy atom. The maximum Gasteiger partial charge on any atom is 0.267 e. The smallest absolute Gasteiger partial charge is 0.267 e. The van der Waals surface area contributed by atoms with Crippen LogP contribution in [0.3, 0.4) is 0 Å². The molecule has 1 amide bonds. The maximum atomic E-state index is 11.5. The van der Waals surface area contributed by atoms with E-state index in [1.54, 1.807) is 7.11 Å². The monoisotopic (exact) mass is 225 g/mol. The number of nitrogens with one attached hydrogen (secondary N) is 1. The zero-order valence-electron chi connectivity index (χ0n) is 10.0. The molecule has 0 fully saturated rings. The Morgan fingerprint density at radius 1 is 1.56 bits per heavy atom. The van der Waals surface area contributed by atoms with Crippen molar-refractivity contribution in [3.8, 4) is 0 Å². The van der Waals surface area contributed by atoms with E-state index in [0.717, 1.165) is 31.0 Å². The van der Waals surface area contributed by atoms with Crippen LogP contribution < -0.4 is 11.3 Å². The first-order valence-electron chi connectivity index (χ1n) is 5.28. The summed E-state index contributed by atoms with van der Waals surface area (Å²) >= 11 is 0. The Balaban J connectivity index is 2.85. The highest BCUT2D eigenvalue weighted by Crippen LogP contribution is 2.15. The minimum Gasteiger partial charge on any atom is -0.385 e. The lowest BCUT2D eigenvalue weighted by molar-refractivity contribution is 0.0953. The fourth-order valence-corrected chi connectivity index (χ4v) is 1.82. The standard InChI is InChI=1S/C11H19N3O2/c1-8-7-10(11(15)13-12)9(2)14(8)5-4-6-16-3/h7H,4-6,12H2,1-3H3,(H,13,15). The van der Waals surface area contributed by atoms with Crippen LogP contribution in [0.4, 0.5) is 0 Å². The Bertz CT molecular complexity index is 372. The fraction of sp³-hybridized carbons (Fsp3) is 0.545. The van der Waals surface area contributed by atoms with E-state index in [-0.39, 0.29) is 5.91 Å². The number of carbonyl (C=O) groups is 1. The van der Waals surface area contributed by atoms with E-state index in [9.17, 15) is 4.79 Å². The first kappa shape index (κ1) is 12.7. The predicted octanol–water partition coefficient (Wildman–Crippen LogP) is 0.745. The number of rotatable bonds is 5. The highest BCUT2D eigenvalue weighted by Gasteiger charge is 2.14. The van der Waals surface area contributed by atoms with Gasteiger partial charge in [-0.2, -0.15) is 0 Å². The maximum absolute atomic E-state index is 11.5. The highest BCUT2D eigenvalue weighted by molar-refractivity contribution is 5.95. The third kappa shape index (κ3) is 2.62. The van der Waals surface area contributed by atoms with Crippen LogP contribution in [0.15, 0.2) is 6.07 Å². The molecule has 0 saturated heterocycles. The third-order valence-electron chi connectivity index (χ3n) is 2.68. The number of amides is 1. The summed E-state index contributed by atoms with van der Waals surface area (Å²) in [5.74, 6) is 4.88. The van der Waals surface area contributed by atoms with Gasteiger partial charge in [-0.3, -0.25) is 10.2 Å². The zero-order valence-corrected chi connectivity index (χ0v) is 10.0. The molecule has 16 heavy (non-hydrogen) atoms. The average molecular weight is 225 g/mol. The van der Waals surface area contributed by atoms with Gasteiger partial charge in [0.05, 0.1) is 5.56 Å². The molecule has 90 valence electrons. The molecular formula is C11H19N3O2. The van der Waals surface area contributed by atoms with Gasteiger partial charge in [-0.05, 0) is 26.3 Å². The molecule has 0 saturated carbocycles. The molecule has 0 aliphatic rings. The summed E-state index contributed by atoms with van der Waals surface area (Å²) in [7, 11) is 1.68. The molecule has 0 unspecified atom stereocenters. The molecule has 1 rings (SSSR count). The van der Waals surface area contributed by atoms with Crippen molar-refractivity contribution in [2.24, 2.45) is 5.84 Å². The van der Waals surface area contributed by atoms with Gasteiger partial charge < -0.3 is 9.30 Å². The minimum absolute atomic E-state index is 0.244. The highest BCUT2D eigenvalue weighted by atomic mass is 16.5. The van der Waals surface area contributed by atoms with Crippen LogP contribution in [0.25, 0.3) is 0 Å². The number of ether oxygens (including phenoxy) is 1. The average Bonchev–Trinajstić information content (AvgIpc) is 2.56. The van der Waals surface area contributed by atoms with E-state index in [0.29, 0.717) is 5.56 Å². The van der Waals surface area contributed by atoms with Gasteiger partial charge in [0, 0.05) is 31.6 Å². The second-order valence-corrected chi connectivity index (χ2v) is 3.76. The summed E-state index contributed by atoms with van der Waals surface area (Å²) in [6.07, 6.45) is 0.927. The Labute approximate surface area is 95.5 Å². The molecule has 1 heterocycles. The molecule has 0 spiro atoms. The SMILES string of the molecule is COCCCn1c(C)cc(C(=O)NN)c1C. The summed E-state index contributed by atoms with van der Waals surface area (Å²) in [4.78, 5) is 11.5. The van der Waals surface area contributed by atoms with Crippen LogP contribution in [-0.4, -0.2) is 24.2 Å². The fourth-order valence-electron chi connectivity index (χ4n) is 1.82. The number of aryl methyl sites for hydroxylation is 1. The van der Waals surface area contributed by atoms with Gasteiger partial charge in [-0.1, -0.05) is 0 Å². The first-order valence-corrected chi connectivity index (χ1v) is 5.28. The second kappa shape index (κ2) is 5.67. The lowest BCUT2D eigenvalue weighted by Crippen LogP contribution is -2.30. The lowest BCUT2D eigenvalue weighted by Gasteiger charge is -2.09. The quantitative estimate of drug-likeness (QED) is 0.336. The number of hydrazine groups is 1. The Kier molecular flexibility index (Phi) is 4.52. The van der Waals surface area contributed by atoms with Crippen LogP contribution in [0.2, 0.25) is 0 Å². The normalized spacial score (nSPS) is 10.5. The van der Waals surface area contributed by atoms with Gasteiger partial charge in [0.1, 0.15) is 0 Å². The van der Waals surface area contributed by atoms with Crippen LogP contribution in [0.5, 0.6) is 0 Å².